The summed E-state index contributed by atoms with van der Waals surface area (Å²) in [5.41, 5.74) is 2.69. The fraction of sp³-hybridized carbons (Fsp3) is 0.667. The van der Waals surface area contributed by atoms with Gasteiger partial charge in [0.05, 0.1) is 0 Å². The molecule has 1 aromatic heterocycles. The Labute approximate surface area is 85.8 Å². The van der Waals surface area contributed by atoms with Gasteiger partial charge in [-0.1, -0.05) is 19.8 Å². The Morgan fingerprint density at radius 3 is 3.14 bits per heavy atom. The van der Waals surface area contributed by atoms with Crippen molar-refractivity contribution in [1.82, 2.24) is 9.97 Å². The second kappa shape index (κ2) is 4.07. The molecule has 2 nitrogen and oxygen atoms in total. The Hall–Kier alpha value is -0.920. The molecule has 2 rings (SSSR count). The van der Waals surface area contributed by atoms with Crippen molar-refractivity contribution in [2.24, 2.45) is 5.92 Å². The minimum Gasteiger partial charge on any atom is -0.241 e. The van der Waals surface area contributed by atoms with Gasteiger partial charge >= 0.3 is 0 Å². The molecule has 0 aliphatic heterocycles. The standard InChI is InChI=1S/C12H18N2/c1-3-4-10-5-6-12-11(7-10)8-13-9(2)14-12/h8,10H,3-7H2,1-2H3. The number of hydrogen-bond acceptors (Lipinski definition) is 2. The van der Waals surface area contributed by atoms with E-state index in [4.69, 9.17) is 0 Å². The summed E-state index contributed by atoms with van der Waals surface area (Å²) < 4.78 is 0. The van der Waals surface area contributed by atoms with Gasteiger partial charge in [-0.15, -0.1) is 0 Å². The molecule has 0 aromatic carbocycles. The van der Waals surface area contributed by atoms with Crippen molar-refractivity contribution in [3.05, 3.63) is 23.3 Å². The molecule has 1 aromatic rings. The van der Waals surface area contributed by atoms with Gasteiger partial charge < -0.3 is 0 Å². The van der Waals surface area contributed by atoms with E-state index in [2.05, 4.69) is 16.9 Å². The molecule has 0 N–H and O–H groups in total. The SMILES string of the molecule is CCCC1CCc2nc(C)ncc2C1. The second-order valence-corrected chi connectivity index (χ2v) is 4.29. The Bertz CT molecular complexity index is 320. The molecule has 1 aliphatic rings. The normalized spacial score (nSPS) is 20.6. The Morgan fingerprint density at radius 2 is 2.36 bits per heavy atom. The average molecular weight is 190 g/mol. The molecule has 0 fully saturated rings. The summed E-state index contributed by atoms with van der Waals surface area (Å²) in [4.78, 5) is 8.77. The largest absolute Gasteiger partial charge is 0.241 e. The van der Waals surface area contributed by atoms with Gasteiger partial charge in [-0.05, 0) is 37.7 Å². The quantitative estimate of drug-likeness (QED) is 0.716. The van der Waals surface area contributed by atoms with Crippen LogP contribution in [0.15, 0.2) is 6.20 Å². The van der Waals surface area contributed by atoms with Gasteiger partial charge in [0.2, 0.25) is 0 Å². The molecule has 0 spiro atoms. The van der Waals surface area contributed by atoms with Crippen LogP contribution in [-0.2, 0) is 12.8 Å². The third-order valence-corrected chi connectivity index (χ3v) is 3.07. The van der Waals surface area contributed by atoms with Crippen molar-refractivity contribution in [3.8, 4) is 0 Å². The van der Waals surface area contributed by atoms with Gasteiger partial charge in [-0.2, -0.15) is 0 Å². The van der Waals surface area contributed by atoms with Gasteiger partial charge in [0, 0.05) is 11.9 Å². The predicted molar refractivity (Wildman–Crippen MR) is 57.2 cm³/mol. The molecule has 76 valence electrons. The van der Waals surface area contributed by atoms with Gasteiger partial charge in [-0.25, -0.2) is 9.97 Å². The van der Waals surface area contributed by atoms with Crippen molar-refractivity contribution in [1.29, 1.82) is 0 Å². The fourth-order valence-corrected chi connectivity index (χ4v) is 2.34. The van der Waals surface area contributed by atoms with Crippen molar-refractivity contribution < 1.29 is 0 Å². The van der Waals surface area contributed by atoms with Crippen LogP contribution in [0.25, 0.3) is 0 Å². The van der Waals surface area contributed by atoms with Crippen molar-refractivity contribution in [3.63, 3.8) is 0 Å². The maximum absolute atomic E-state index is 4.50. The smallest absolute Gasteiger partial charge is 0.125 e. The maximum atomic E-state index is 4.50. The molecule has 2 heteroatoms. The van der Waals surface area contributed by atoms with Crippen LogP contribution in [-0.4, -0.2) is 9.97 Å². The molecule has 0 radical (unpaired) electrons. The van der Waals surface area contributed by atoms with E-state index in [1.165, 1.54) is 36.9 Å². The Morgan fingerprint density at radius 1 is 1.50 bits per heavy atom. The maximum Gasteiger partial charge on any atom is 0.125 e. The van der Waals surface area contributed by atoms with Crippen molar-refractivity contribution >= 4 is 0 Å². The lowest BCUT2D eigenvalue weighted by molar-refractivity contribution is 0.416. The molecule has 1 aliphatic carbocycles. The van der Waals surface area contributed by atoms with E-state index in [1.54, 1.807) is 0 Å². The predicted octanol–water partition coefficient (Wildman–Crippen LogP) is 2.69. The first-order valence-corrected chi connectivity index (χ1v) is 5.61. The summed E-state index contributed by atoms with van der Waals surface area (Å²) in [7, 11) is 0. The van der Waals surface area contributed by atoms with Crippen LogP contribution in [0.1, 0.15) is 43.3 Å². The Kier molecular flexibility index (Phi) is 2.80. The summed E-state index contributed by atoms with van der Waals surface area (Å²) in [5.74, 6) is 1.79. The molecule has 1 heterocycles. The summed E-state index contributed by atoms with van der Waals surface area (Å²) >= 11 is 0. The van der Waals surface area contributed by atoms with E-state index in [1.807, 2.05) is 13.1 Å². The molecular formula is C12H18N2. The molecule has 0 amide bonds. The third kappa shape index (κ3) is 1.94. The lowest BCUT2D eigenvalue weighted by Gasteiger charge is -2.23. The monoisotopic (exact) mass is 190 g/mol. The van der Waals surface area contributed by atoms with E-state index in [0.29, 0.717) is 0 Å². The molecule has 0 bridgehead atoms. The van der Waals surface area contributed by atoms with Crippen LogP contribution in [0.3, 0.4) is 0 Å². The number of fused-ring (bicyclic) bond motifs is 1. The zero-order chi connectivity index (χ0) is 9.97. The topological polar surface area (TPSA) is 25.8 Å². The molecule has 0 saturated heterocycles. The van der Waals surface area contributed by atoms with Gasteiger partial charge in [0.1, 0.15) is 5.82 Å². The summed E-state index contributed by atoms with van der Waals surface area (Å²) in [6.07, 6.45) is 8.35. The first-order chi connectivity index (χ1) is 6.79. The molecular weight excluding hydrogens is 172 g/mol. The summed E-state index contributed by atoms with van der Waals surface area (Å²) in [6.45, 7) is 4.24. The van der Waals surface area contributed by atoms with Crippen LogP contribution < -0.4 is 0 Å². The highest BCUT2D eigenvalue weighted by atomic mass is 14.9. The minimum absolute atomic E-state index is 0.874. The number of hydrogen-bond donors (Lipinski definition) is 0. The molecule has 1 unspecified atom stereocenters. The average Bonchev–Trinajstić information content (AvgIpc) is 2.19. The summed E-state index contributed by atoms with van der Waals surface area (Å²) in [5, 5.41) is 0. The Balaban J connectivity index is 2.15. The van der Waals surface area contributed by atoms with Crippen molar-refractivity contribution in [2.45, 2.75) is 46.0 Å². The lowest BCUT2D eigenvalue weighted by Crippen LogP contribution is -2.16. The molecule has 0 saturated carbocycles. The zero-order valence-corrected chi connectivity index (χ0v) is 9.08. The van der Waals surface area contributed by atoms with Crippen LogP contribution >= 0.6 is 0 Å². The van der Waals surface area contributed by atoms with E-state index in [-0.39, 0.29) is 0 Å². The van der Waals surface area contributed by atoms with E-state index in [9.17, 15) is 0 Å². The minimum atomic E-state index is 0.874. The van der Waals surface area contributed by atoms with Crippen LogP contribution in [0.5, 0.6) is 0 Å². The van der Waals surface area contributed by atoms with Crippen molar-refractivity contribution in [2.75, 3.05) is 0 Å². The zero-order valence-electron chi connectivity index (χ0n) is 9.08. The van der Waals surface area contributed by atoms with Gasteiger partial charge in [-0.3, -0.25) is 0 Å². The van der Waals surface area contributed by atoms with Gasteiger partial charge in [0.25, 0.3) is 0 Å². The first kappa shape index (κ1) is 9.63. The molecule has 14 heavy (non-hydrogen) atoms. The van der Waals surface area contributed by atoms with E-state index >= 15 is 0 Å². The molecule has 1 atom stereocenters. The number of aromatic nitrogens is 2. The fourth-order valence-electron chi connectivity index (χ4n) is 2.34. The number of aryl methyl sites for hydroxylation is 2. The highest BCUT2D eigenvalue weighted by Gasteiger charge is 2.18. The summed E-state index contributed by atoms with van der Waals surface area (Å²) in [6, 6.07) is 0. The van der Waals surface area contributed by atoms with Crippen LogP contribution in [0, 0.1) is 12.8 Å². The third-order valence-electron chi connectivity index (χ3n) is 3.07. The highest BCUT2D eigenvalue weighted by molar-refractivity contribution is 5.21. The highest BCUT2D eigenvalue weighted by Crippen LogP contribution is 2.26. The van der Waals surface area contributed by atoms with E-state index < -0.39 is 0 Å². The second-order valence-electron chi connectivity index (χ2n) is 4.29. The number of rotatable bonds is 2. The van der Waals surface area contributed by atoms with Gasteiger partial charge in [0.15, 0.2) is 0 Å². The first-order valence-electron chi connectivity index (χ1n) is 5.61. The van der Waals surface area contributed by atoms with E-state index in [0.717, 1.165) is 18.2 Å². The van der Waals surface area contributed by atoms with Crippen LogP contribution in [0.2, 0.25) is 0 Å². The van der Waals surface area contributed by atoms with Crippen LogP contribution in [0.4, 0.5) is 0 Å². The number of nitrogens with zero attached hydrogens (tertiary/aromatic N) is 2. The lowest BCUT2D eigenvalue weighted by atomic mass is 9.85.